The second-order valence-corrected chi connectivity index (χ2v) is 6.31. The van der Waals surface area contributed by atoms with Gasteiger partial charge in [0.05, 0.1) is 11.0 Å². The lowest BCUT2D eigenvalue weighted by molar-refractivity contribution is 0.199. The van der Waals surface area contributed by atoms with E-state index in [1.807, 2.05) is 18.9 Å². The van der Waals surface area contributed by atoms with Crippen LogP contribution in [0, 0.1) is 0 Å². The molecule has 108 valence electrons. The number of aliphatic hydroxyl groups excluding tert-OH is 1. The van der Waals surface area contributed by atoms with Crippen LogP contribution in [0.25, 0.3) is 0 Å². The van der Waals surface area contributed by atoms with E-state index < -0.39 is 16.1 Å². The molecule has 0 aliphatic carbocycles. The average molecular weight is 286 g/mol. The maximum atomic E-state index is 12.1. The molecule has 0 aliphatic heterocycles. The summed E-state index contributed by atoms with van der Waals surface area (Å²) >= 11 is 0. The minimum atomic E-state index is -3.51. The van der Waals surface area contributed by atoms with Crippen molar-refractivity contribution in [2.45, 2.75) is 24.8 Å². The minimum absolute atomic E-state index is 0.185. The van der Waals surface area contributed by atoms with Crippen molar-refractivity contribution in [1.82, 2.24) is 9.62 Å². The van der Waals surface area contributed by atoms with Gasteiger partial charge in [0.15, 0.2) is 0 Å². The summed E-state index contributed by atoms with van der Waals surface area (Å²) in [5.74, 6) is 0. The van der Waals surface area contributed by atoms with Gasteiger partial charge in [-0.25, -0.2) is 13.1 Å². The largest absolute Gasteiger partial charge is 0.389 e. The molecule has 0 aromatic heterocycles. The fourth-order valence-corrected chi connectivity index (χ4v) is 2.63. The summed E-state index contributed by atoms with van der Waals surface area (Å²) in [7, 11) is -1.58. The van der Waals surface area contributed by atoms with Crippen LogP contribution in [-0.2, 0) is 10.0 Å². The molecule has 0 saturated heterocycles. The van der Waals surface area contributed by atoms with Gasteiger partial charge in [0, 0.05) is 13.1 Å². The predicted molar refractivity (Wildman–Crippen MR) is 75.4 cm³/mol. The van der Waals surface area contributed by atoms with Gasteiger partial charge in [-0.15, -0.1) is 0 Å². The van der Waals surface area contributed by atoms with Crippen molar-refractivity contribution in [3.05, 3.63) is 29.8 Å². The maximum absolute atomic E-state index is 12.1. The van der Waals surface area contributed by atoms with Crippen LogP contribution < -0.4 is 4.72 Å². The molecule has 0 spiro atoms. The summed E-state index contributed by atoms with van der Waals surface area (Å²) in [5, 5.41) is 9.47. The first-order valence-electron chi connectivity index (χ1n) is 6.33. The van der Waals surface area contributed by atoms with E-state index >= 15 is 0 Å². The zero-order valence-corrected chi connectivity index (χ0v) is 12.4. The van der Waals surface area contributed by atoms with Crippen LogP contribution in [0.15, 0.2) is 29.2 Å². The van der Waals surface area contributed by atoms with Gasteiger partial charge in [0.2, 0.25) is 10.0 Å². The average Bonchev–Trinajstić information content (AvgIpc) is 2.38. The standard InChI is InChI=1S/C13H22N2O3S/c1-4-15(3)9-8-14-19(17,18)13-7-5-6-12(10-13)11(2)16/h5-7,10-11,14,16H,4,8-9H2,1-3H3. The van der Waals surface area contributed by atoms with E-state index in [1.54, 1.807) is 19.1 Å². The van der Waals surface area contributed by atoms with Gasteiger partial charge in [-0.1, -0.05) is 19.1 Å². The molecule has 1 aromatic rings. The first kappa shape index (κ1) is 16.1. The smallest absolute Gasteiger partial charge is 0.240 e. The molecule has 0 aliphatic rings. The highest BCUT2D eigenvalue weighted by atomic mass is 32.2. The van der Waals surface area contributed by atoms with E-state index in [-0.39, 0.29) is 4.90 Å². The third-order valence-electron chi connectivity index (χ3n) is 2.98. The summed E-state index contributed by atoms with van der Waals surface area (Å²) in [5.41, 5.74) is 0.591. The topological polar surface area (TPSA) is 69.6 Å². The summed E-state index contributed by atoms with van der Waals surface area (Å²) in [6, 6.07) is 6.36. The molecule has 0 fully saturated rings. The fraction of sp³-hybridized carbons (Fsp3) is 0.538. The quantitative estimate of drug-likeness (QED) is 0.783. The fourth-order valence-electron chi connectivity index (χ4n) is 1.55. The minimum Gasteiger partial charge on any atom is -0.389 e. The highest BCUT2D eigenvalue weighted by Crippen LogP contribution is 2.16. The van der Waals surface area contributed by atoms with E-state index in [1.165, 1.54) is 12.1 Å². The lowest BCUT2D eigenvalue weighted by Gasteiger charge is -2.14. The molecule has 1 rings (SSSR count). The first-order valence-corrected chi connectivity index (χ1v) is 7.81. The molecule has 0 amide bonds. The molecule has 6 heteroatoms. The van der Waals surface area contributed by atoms with Crippen LogP contribution in [0.4, 0.5) is 0 Å². The summed E-state index contributed by atoms with van der Waals surface area (Å²) in [6.07, 6.45) is -0.679. The Hall–Kier alpha value is -0.950. The highest BCUT2D eigenvalue weighted by Gasteiger charge is 2.14. The number of nitrogens with zero attached hydrogens (tertiary/aromatic N) is 1. The van der Waals surface area contributed by atoms with Gasteiger partial charge in [-0.2, -0.15) is 0 Å². The van der Waals surface area contributed by atoms with Crippen LogP contribution in [0.1, 0.15) is 25.5 Å². The summed E-state index contributed by atoms with van der Waals surface area (Å²) in [6.45, 7) is 5.52. The number of sulfonamides is 1. The lowest BCUT2D eigenvalue weighted by atomic mass is 10.1. The Balaban J connectivity index is 2.74. The molecule has 0 saturated carbocycles. The molecular weight excluding hydrogens is 264 g/mol. The first-order chi connectivity index (χ1) is 8.86. The Bertz CT molecular complexity index is 500. The van der Waals surface area contributed by atoms with Crippen LogP contribution in [0.2, 0.25) is 0 Å². The zero-order chi connectivity index (χ0) is 14.5. The monoisotopic (exact) mass is 286 g/mol. The SMILES string of the molecule is CCN(C)CCNS(=O)(=O)c1cccc(C(C)O)c1. The van der Waals surface area contributed by atoms with Crippen LogP contribution in [0.3, 0.4) is 0 Å². The maximum Gasteiger partial charge on any atom is 0.240 e. The summed E-state index contributed by atoms with van der Waals surface area (Å²) in [4.78, 5) is 2.21. The molecule has 2 N–H and O–H groups in total. The van der Waals surface area contributed by atoms with Crippen molar-refractivity contribution < 1.29 is 13.5 Å². The van der Waals surface area contributed by atoms with Crippen LogP contribution in [0.5, 0.6) is 0 Å². The predicted octanol–water partition coefficient (Wildman–Crippen LogP) is 0.970. The van der Waals surface area contributed by atoms with E-state index in [9.17, 15) is 13.5 Å². The van der Waals surface area contributed by atoms with Crippen molar-refractivity contribution >= 4 is 10.0 Å². The van der Waals surface area contributed by atoms with E-state index in [0.717, 1.165) is 6.54 Å². The lowest BCUT2D eigenvalue weighted by Crippen LogP contribution is -2.32. The van der Waals surface area contributed by atoms with Crippen molar-refractivity contribution in [2.24, 2.45) is 0 Å². The van der Waals surface area contributed by atoms with Crippen LogP contribution >= 0.6 is 0 Å². The highest BCUT2D eigenvalue weighted by molar-refractivity contribution is 7.89. The molecule has 1 aromatic carbocycles. The van der Waals surface area contributed by atoms with Gasteiger partial charge in [-0.05, 0) is 38.2 Å². The molecule has 0 heterocycles. The summed E-state index contributed by atoms with van der Waals surface area (Å²) < 4.78 is 26.7. The van der Waals surface area contributed by atoms with E-state index in [2.05, 4.69) is 4.72 Å². The Morgan fingerprint density at radius 1 is 1.42 bits per heavy atom. The van der Waals surface area contributed by atoms with Crippen molar-refractivity contribution in [1.29, 1.82) is 0 Å². The second kappa shape index (κ2) is 7.00. The van der Waals surface area contributed by atoms with Crippen molar-refractivity contribution in [3.8, 4) is 0 Å². The van der Waals surface area contributed by atoms with Crippen molar-refractivity contribution in [2.75, 3.05) is 26.7 Å². The van der Waals surface area contributed by atoms with E-state index in [0.29, 0.717) is 18.7 Å². The molecule has 5 nitrogen and oxygen atoms in total. The Morgan fingerprint density at radius 3 is 2.68 bits per heavy atom. The van der Waals surface area contributed by atoms with Gasteiger partial charge in [-0.3, -0.25) is 0 Å². The normalized spacial score (nSPS) is 13.7. The van der Waals surface area contributed by atoms with Gasteiger partial charge < -0.3 is 10.0 Å². The Labute approximate surface area is 115 Å². The third-order valence-corrected chi connectivity index (χ3v) is 4.43. The van der Waals surface area contributed by atoms with Crippen LogP contribution in [-0.4, -0.2) is 45.1 Å². The number of rotatable bonds is 7. The molecule has 0 bridgehead atoms. The Morgan fingerprint density at radius 2 is 2.11 bits per heavy atom. The van der Waals surface area contributed by atoms with Gasteiger partial charge >= 0.3 is 0 Å². The number of hydrogen-bond acceptors (Lipinski definition) is 4. The number of likely N-dealkylation sites (N-methyl/N-ethyl adjacent to an activating group) is 1. The Kier molecular flexibility index (Phi) is 5.93. The molecule has 0 radical (unpaired) electrons. The number of hydrogen-bond donors (Lipinski definition) is 2. The molecule has 1 unspecified atom stereocenters. The van der Waals surface area contributed by atoms with Gasteiger partial charge in [0.1, 0.15) is 0 Å². The molecular formula is C13H22N2O3S. The number of benzene rings is 1. The number of nitrogens with one attached hydrogen (secondary N) is 1. The number of aliphatic hydroxyl groups is 1. The van der Waals surface area contributed by atoms with Gasteiger partial charge in [0.25, 0.3) is 0 Å². The van der Waals surface area contributed by atoms with Crippen molar-refractivity contribution in [3.63, 3.8) is 0 Å². The second-order valence-electron chi connectivity index (χ2n) is 4.54. The van der Waals surface area contributed by atoms with E-state index in [4.69, 9.17) is 0 Å². The molecule has 1 atom stereocenters. The third kappa shape index (κ3) is 4.91. The zero-order valence-electron chi connectivity index (χ0n) is 11.6. The molecule has 19 heavy (non-hydrogen) atoms.